The highest BCUT2D eigenvalue weighted by atomic mass is 32.2. The van der Waals surface area contributed by atoms with Crippen LogP contribution in [0.2, 0.25) is 0 Å². The van der Waals surface area contributed by atoms with Crippen LogP contribution in [-0.4, -0.2) is 41.3 Å². The second-order valence-electron chi connectivity index (χ2n) is 7.61. The van der Waals surface area contributed by atoms with E-state index in [1.807, 2.05) is 72.6 Å². The summed E-state index contributed by atoms with van der Waals surface area (Å²) in [6.07, 6.45) is 5.89. The van der Waals surface area contributed by atoms with Crippen molar-refractivity contribution < 1.29 is 9.59 Å². The Balaban J connectivity index is 1.52. The fourth-order valence-corrected chi connectivity index (χ4v) is 4.61. The molecule has 1 aliphatic rings. The molecule has 0 radical (unpaired) electrons. The lowest BCUT2D eigenvalue weighted by atomic mass is 9.94. The molecule has 4 nitrogen and oxygen atoms in total. The third-order valence-electron chi connectivity index (χ3n) is 5.55. The quantitative estimate of drug-likeness (QED) is 0.701. The number of carbonyl (C=O) groups is 2. The Kier molecular flexibility index (Phi) is 8.17. The van der Waals surface area contributed by atoms with Gasteiger partial charge in [-0.15, -0.1) is 11.8 Å². The molecule has 0 aliphatic heterocycles. The van der Waals surface area contributed by atoms with Crippen LogP contribution in [-0.2, 0) is 9.59 Å². The van der Waals surface area contributed by atoms with Gasteiger partial charge in [0.2, 0.25) is 11.8 Å². The predicted octanol–water partition coefficient (Wildman–Crippen LogP) is 4.42. The lowest BCUT2D eigenvalue weighted by molar-refractivity contribution is -0.129. The second-order valence-corrected chi connectivity index (χ2v) is 8.60. The first kappa shape index (κ1) is 21.4. The molecule has 154 valence electrons. The van der Waals surface area contributed by atoms with Crippen LogP contribution in [0.4, 0.5) is 0 Å². The molecule has 1 aliphatic carbocycles. The van der Waals surface area contributed by atoms with Gasteiger partial charge in [-0.3, -0.25) is 9.59 Å². The maximum Gasteiger partial charge on any atom is 0.232 e. The number of hydrogen-bond acceptors (Lipinski definition) is 3. The zero-order valence-corrected chi connectivity index (χ0v) is 17.9. The van der Waals surface area contributed by atoms with E-state index < -0.39 is 0 Å². The number of nitrogens with zero attached hydrogens (tertiary/aromatic N) is 1. The Morgan fingerprint density at radius 2 is 1.48 bits per heavy atom. The van der Waals surface area contributed by atoms with Crippen molar-refractivity contribution in [2.75, 3.05) is 18.6 Å². The van der Waals surface area contributed by atoms with E-state index in [0.29, 0.717) is 11.8 Å². The Morgan fingerprint density at radius 1 is 0.931 bits per heavy atom. The van der Waals surface area contributed by atoms with Crippen molar-refractivity contribution in [3.8, 4) is 0 Å². The number of carbonyl (C=O) groups excluding carboxylic acids is 2. The Morgan fingerprint density at radius 3 is 2.03 bits per heavy atom. The molecular weight excluding hydrogens is 380 g/mol. The third kappa shape index (κ3) is 6.36. The van der Waals surface area contributed by atoms with Gasteiger partial charge in [-0.2, -0.15) is 0 Å². The molecule has 0 heterocycles. The van der Waals surface area contributed by atoms with Crippen molar-refractivity contribution in [3.05, 3.63) is 71.8 Å². The van der Waals surface area contributed by atoms with Gasteiger partial charge in [0.05, 0.1) is 17.5 Å². The predicted molar refractivity (Wildman–Crippen MR) is 120 cm³/mol. The Labute approximate surface area is 178 Å². The topological polar surface area (TPSA) is 49.4 Å². The lowest BCUT2D eigenvalue weighted by Gasteiger charge is -2.31. The number of nitrogens with one attached hydrogen (secondary N) is 1. The van der Waals surface area contributed by atoms with Gasteiger partial charge in [-0.1, -0.05) is 79.9 Å². The number of benzene rings is 2. The summed E-state index contributed by atoms with van der Waals surface area (Å²) in [5.74, 6) is 0.695. The standard InChI is InChI=1S/C24H30N2O2S/c1-26(21-15-9-4-10-16-21)23(28)18-29-17-22(27)25-24(19-11-5-2-6-12-19)20-13-7-3-8-14-20/h2-3,5-8,11-14,21,24H,4,9-10,15-18H2,1H3,(H,25,27). The minimum Gasteiger partial charge on any atom is -0.344 e. The van der Waals surface area contributed by atoms with E-state index >= 15 is 0 Å². The van der Waals surface area contributed by atoms with Crippen LogP contribution < -0.4 is 5.32 Å². The molecule has 29 heavy (non-hydrogen) atoms. The van der Waals surface area contributed by atoms with E-state index in [9.17, 15) is 9.59 Å². The van der Waals surface area contributed by atoms with E-state index in [0.717, 1.165) is 24.0 Å². The normalized spacial score (nSPS) is 14.6. The molecule has 0 saturated heterocycles. The van der Waals surface area contributed by atoms with Crippen molar-refractivity contribution in [2.24, 2.45) is 0 Å². The summed E-state index contributed by atoms with van der Waals surface area (Å²) in [6.45, 7) is 0. The van der Waals surface area contributed by atoms with E-state index in [2.05, 4.69) is 5.32 Å². The fraction of sp³-hybridized carbons (Fsp3) is 0.417. The number of amides is 2. The molecule has 2 aromatic carbocycles. The molecule has 3 rings (SSSR count). The van der Waals surface area contributed by atoms with Gasteiger partial charge in [-0.25, -0.2) is 0 Å². The van der Waals surface area contributed by atoms with Gasteiger partial charge in [-0.05, 0) is 24.0 Å². The third-order valence-corrected chi connectivity index (χ3v) is 6.46. The van der Waals surface area contributed by atoms with E-state index in [4.69, 9.17) is 0 Å². The Bertz CT molecular complexity index is 736. The average molecular weight is 411 g/mol. The summed E-state index contributed by atoms with van der Waals surface area (Å²) in [5, 5.41) is 3.13. The number of thioether (sulfide) groups is 1. The van der Waals surface area contributed by atoms with Crippen LogP contribution in [0.25, 0.3) is 0 Å². The minimum absolute atomic E-state index is 0.0548. The second kappa shape index (κ2) is 11.1. The van der Waals surface area contributed by atoms with Crippen molar-refractivity contribution >= 4 is 23.6 Å². The fourth-order valence-electron chi connectivity index (χ4n) is 3.86. The molecule has 5 heteroatoms. The molecule has 0 bridgehead atoms. The minimum atomic E-state index is -0.189. The van der Waals surface area contributed by atoms with Gasteiger partial charge in [0, 0.05) is 13.1 Å². The smallest absolute Gasteiger partial charge is 0.232 e. The first-order valence-corrected chi connectivity index (χ1v) is 11.5. The molecule has 0 aromatic heterocycles. The van der Waals surface area contributed by atoms with Crippen LogP contribution in [0.5, 0.6) is 0 Å². The lowest BCUT2D eigenvalue weighted by Crippen LogP contribution is -2.39. The summed E-state index contributed by atoms with van der Waals surface area (Å²) in [5.41, 5.74) is 2.09. The number of rotatable bonds is 8. The van der Waals surface area contributed by atoms with Crippen LogP contribution in [0, 0.1) is 0 Å². The largest absolute Gasteiger partial charge is 0.344 e. The summed E-state index contributed by atoms with van der Waals surface area (Å²) in [7, 11) is 1.90. The van der Waals surface area contributed by atoms with Gasteiger partial charge in [0.25, 0.3) is 0 Å². The summed E-state index contributed by atoms with van der Waals surface area (Å²) >= 11 is 1.39. The van der Waals surface area contributed by atoms with Gasteiger partial charge < -0.3 is 10.2 Å². The summed E-state index contributed by atoms with van der Waals surface area (Å²) in [4.78, 5) is 26.9. The van der Waals surface area contributed by atoms with Crippen LogP contribution in [0.1, 0.15) is 49.3 Å². The van der Waals surface area contributed by atoms with E-state index in [1.165, 1.54) is 31.0 Å². The van der Waals surface area contributed by atoms with Crippen LogP contribution >= 0.6 is 11.8 Å². The maximum atomic E-state index is 12.6. The highest BCUT2D eigenvalue weighted by Gasteiger charge is 2.22. The SMILES string of the molecule is CN(C(=O)CSCC(=O)NC(c1ccccc1)c1ccccc1)C1CCCCC1. The van der Waals surface area contributed by atoms with Crippen molar-refractivity contribution in [1.29, 1.82) is 0 Å². The molecule has 0 atom stereocenters. The highest BCUT2D eigenvalue weighted by Crippen LogP contribution is 2.23. The monoisotopic (exact) mass is 410 g/mol. The van der Waals surface area contributed by atoms with Gasteiger partial charge >= 0.3 is 0 Å². The molecule has 0 unspecified atom stereocenters. The summed E-state index contributed by atoms with van der Waals surface area (Å²) < 4.78 is 0. The molecule has 2 amide bonds. The number of hydrogen-bond donors (Lipinski definition) is 1. The average Bonchev–Trinajstić information content (AvgIpc) is 2.78. The first-order chi connectivity index (χ1) is 14.1. The maximum absolute atomic E-state index is 12.6. The molecule has 0 spiro atoms. The zero-order chi connectivity index (χ0) is 20.5. The molecular formula is C24H30N2O2S. The Hall–Kier alpha value is -2.27. The van der Waals surface area contributed by atoms with Crippen molar-refractivity contribution in [3.63, 3.8) is 0 Å². The highest BCUT2D eigenvalue weighted by molar-refractivity contribution is 8.00. The molecule has 2 aromatic rings. The molecule has 1 N–H and O–H groups in total. The van der Waals surface area contributed by atoms with Gasteiger partial charge in [0.1, 0.15) is 0 Å². The van der Waals surface area contributed by atoms with Crippen molar-refractivity contribution in [1.82, 2.24) is 10.2 Å². The zero-order valence-electron chi connectivity index (χ0n) is 17.0. The first-order valence-electron chi connectivity index (χ1n) is 10.4. The summed E-state index contributed by atoms with van der Waals surface area (Å²) in [6, 6.07) is 20.1. The molecule has 1 saturated carbocycles. The van der Waals surface area contributed by atoms with E-state index in [1.54, 1.807) is 0 Å². The van der Waals surface area contributed by atoms with E-state index in [-0.39, 0.29) is 23.6 Å². The van der Waals surface area contributed by atoms with Crippen LogP contribution in [0.15, 0.2) is 60.7 Å². The molecule has 1 fully saturated rings. The van der Waals surface area contributed by atoms with Crippen LogP contribution in [0.3, 0.4) is 0 Å². The van der Waals surface area contributed by atoms with Crippen molar-refractivity contribution in [2.45, 2.75) is 44.2 Å². The van der Waals surface area contributed by atoms with Gasteiger partial charge in [0.15, 0.2) is 0 Å².